The summed E-state index contributed by atoms with van der Waals surface area (Å²) in [6.45, 7) is 9.18. The molecule has 1 fully saturated rings. The first kappa shape index (κ1) is 14.9. The van der Waals surface area contributed by atoms with Crippen molar-refractivity contribution < 1.29 is 5.11 Å². The lowest BCUT2D eigenvalue weighted by atomic mass is 9.64. The summed E-state index contributed by atoms with van der Waals surface area (Å²) in [5.41, 5.74) is 0.280. The summed E-state index contributed by atoms with van der Waals surface area (Å²) in [5.74, 6) is 0.692. The highest BCUT2D eigenvalue weighted by Gasteiger charge is 2.41. The third-order valence-corrected chi connectivity index (χ3v) is 3.82. The Kier molecular flexibility index (Phi) is 4.99. The van der Waals surface area contributed by atoms with Crippen LogP contribution in [0.5, 0.6) is 0 Å². The van der Waals surface area contributed by atoms with Gasteiger partial charge in [-0.05, 0) is 44.7 Å². The van der Waals surface area contributed by atoms with Gasteiger partial charge in [0.25, 0.3) is 0 Å². The van der Waals surface area contributed by atoms with E-state index in [1.165, 1.54) is 6.42 Å². The van der Waals surface area contributed by atoms with Crippen LogP contribution in [-0.4, -0.2) is 49.3 Å². The minimum Gasteiger partial charge on any atom is -0.394 e. The fourth-order valence-corrected chi connectivity index (χ4v) is 3.60. The monoisotopic (exact) mass is 242 g/mol. The zero-order valence-electron chi connectivity index (χ0n) is 12.2. The van der Waals surface area contributed by atoms with Gasteiger partial charge in [-0.2, -0.15) is 0 Å². The van der Waals surface area contributed by atoms with Crippen molar-refractivity contribution in [2.24, 2.45) is 11.3 Å². The van der Waals surface area contributed by atoms with Crippen molar-refractivity contribution in [1.29, 1.82) is 0 Å². The predicted octanol–water partition coefficient (Wildman–Crippen LogP) is 1.71. The Morgan fingerprint density at radius 3 is 2.41 bits per heavy atom. The van der Waals surface area contributed by atoms with Crippen molar-refractivity contribution in [3.05, 3.63) is 0 Å². The number of nitrogens with zero attached hydrogens (tertiary/aromatic N) is 1. The predicted molar refractivity (Wildman–Crippen MR) is 73.2 cm³/mol. The zero-order chi connectivity index (χ0) is 13.1. The topological polar surface area (TPSA) is 35.5 Å². The van der Waals surface area contributed by atoms with Crippen LogP contribution in [0.25, 0.3) is 0 Å². The van der Waals surface area contributed by atoms with Crippen LogP contribution in [-0.2, 0) is 0 Å². The van der Waals surface area contributed by atoms with Crippen molar-refractivity contribution in [3.8, 4) is 0 Å². The van der Waals surface area contributed by atoms with Gasteiger partial charge in [0.05, 0.1) is 6.61 Å². The molecule has 0 aromatic rings. The largest absolute Gasteiger partial charge is 0.394 e. The minimum atomic E-state index is -0.0584. The van der Waals surface area contributed by atoms with Crippen LogP contribution in [0.2, 0.25) is 0 Å². The van der Waals surface area contributed by atoms with E-state index in [-0.39, 0.29) is 12.1 Å². The molecule has 0 amide bonds. The molecule has 3 nitrogen and oxygen atoms in total. The molecule has 1 rings (SSSR count). The lowest BCUT2D eigenvalue weighted by molar-refractivity contribution is 0.0357. The van der Waals surface area contributed by atoms with E-state index in [2.05, 4.69) is 45.1 Å². The van der Waals surface area contributed by atoms with Gasteiger partial charge in [-0.1, -0.05) is 20.8 Å². The van der Waals surface area contributed by atoms with Gasteiger partial charge in [0.1, 0.15) is 0 Å². The van der Waals surface area contributed by atoms with Crippen molar-refractivity contribution in [2.45, 2.75) is 45.6 Å². The molecule has 0 radical (unpaired) electrons. The van der Waals surface area contributed by atoms with E-state index in [1.54, 1.807) is 0 Å². The molecular formula is C14H30N2O. The van der Waals surface area contributed by atoms with Crippen molar-refractivity contribution in [1.82, 2.24) is 10.2 Å². The average Bonchev–Trinajstić information content (AvgIpc) is 2.13. The first-order valence-electron chi connectivity index (χ1n) is 6.79. The molecule has 1 aliphatic carbocycles. The molecular weight excluding hydrogens is 212 g/mol. The van der Waals surface area contributed by atoms with E-state index < -0.39 is 0 Å². The van der Waals surface area contributed by atoms with E-state index in [9.17, 15) is 5.11 Å². The molecule has 0 aromatic carbocycles. The number of aliphatic hydroxyl groups is 1. The van der Waals surface area contributed by atoms with Crippen LogP contribution >= 0.6 is 0 Å². The van der Waals surface area contributed by atoms with Gasteiger partial charge in [0, 0.05) is 18.6 Å². The molecule has 0 bridgehead atoms. The number of hydrogen-bond acceptors (Lipinski definition) is 3. The molecule has 2 N–H and O–H groups in total. The average molecular weight is 242 g/mol. The SMILES string of the molecule is CC1CC(C)(C)CC(CO)(NCCN(C)C)C1. The highest BCUT2D eigenvalue weighted by molar-refractivity contribution is 4.98. The molecule has 1 aliphatic rings. The van der Waals surface area contributed by atoms with E-state index in [4.69, 9.17) is 0 Å². The molecule has 102 valence electrons. The summed E-state index contributed by atoms with van der Waals surface area (Å²) in [5, 5.41) is 13.4. The quantitative estimate of drug-likeness (QED) is 0.770. The van der Waals surface area contributed by atoms with Gasteiger partial charge in [-0.15, -0.1) is 0 Å². The van der Waals surface area contributed by atoms with Crippen molar-refractivity contribution in [3.63, 3.8) is 0 Å². The number of aliphatic hydroxyl groups excluding tert-OH is 1. The Morgan fingerprint density at radius 1 is 1.29 bits per heavy atom. The van der Waals surface area contributed by atoms with Gasteiger partial charge < -0.3 is 15.3 Å². The molecule has 3 heteroatoms. The van der Waals surface area contributed by atoms with E-state index in [0.717, 1.165) is 25.9 Å². The van der Waals surface area contributed by atoms with Gasteiger partial charge in [0.2, 0.25) is 0 Å². The van der Waals surface area contributed by atoms with Crippen LogP contribution in [0, 0.1) is 11.3 Å². The smallest absolute Gasteiger partial charge is 0.0613 e. The van der Waals surface area contributed by atoms with Gasteiger partial charge in [0.15, 0.2) is 0 Å². The summed E-state index contributed by atoms with van der Waals surface area (Å²) in [4.78, 5) is 2.18. The van der Waals surface area contributed by atoms with Crippen LogP contribution in [0.1, 0.15) is 40.0 Å². The molecule has 2 unspecified atom stereocenters. The minimum absolute atomic E-state index is 0.0584. The summed E-state index contributed by atoms with van der Waals surface area (Å²) >= 11 is 0. The van der Waals surface area contributed by atoms with Crippen LogP contribution in [0.3, 0.4) is 0 Å². The lowest BCUT2D eigenvalue weighted by Crippen LogP contribution is -2.56. The van der Waals surface area contributed by atoms with Gasteiger partial charge in [-0.25, -0.2) is 0 Å². The summed E-state index contributed by atoms with van der Waals surface area (Å²) in [7, 11) is 4.17. The molecule has 0 saturated heterocycles. The maximum absolute atomic E-state index is 9.78. The molecule has 2 atom stereocenters. The standard InChI is InChI=1S/C14H30N2O/c1-12-8-13(2,3)10-14(9-12,11-17)15-6-7-16(4)5/h12,15,17H,6-11H2,1-5H3. The molecule has 0 aromatic heterocycles. The first-order valence-corrected chi connectivity index (χ1v) is 6.79. The summed E-state index contributed by atoms with van der Waals surface area (Å²) < 4.78 is 0. The molecule has 0 spiro atoms. The normalized spacial score (nSPS) is 33.0. The second kappa shape index (κ2) is 5.68. The second-order valence-electron chi connectivity index (χ2n) is 7.02. The number of nitrogens with one attached hydrogen (secondary N) is 1. The fraction of sp³-hybridized carbons (Fsp3) is 1.00. The van der Waals surface area contributed by atoms with Gasteiger partial charge in [-0.3, -0.25) is 0 Å². The Hall–Kier alpha value is -0.120. The summed E-state index contributed by atoms with van der Waals surface area (Å²) in [6, 6.07) is 0. The maximum atomic E-state index is 9.78. The Morgan fingerprint density at radius 2 is 1.94 bits per heavy atom. The van der Waals surface area contributed by atoms with E-state index in [0.29, 0.717) is 11.3 Å². The van der Waals surface area contributed by atoms with Crippen LogP contribution < -0.4 is 5.32 Å². The highest BCUT2D eigenvalue weighted by atomic mass is 16.3. The highest BCUT2D eigenvalue weighted by Crippen LogP contribution is 2.43. The zero-order valence-corrected chi connectivity index (χ0v) is 12.2. The number of hydrogen-bond donors (Lipinski definition) is 2. The van der Waals surface area contributed by atoms with E-state index >= 15 is 0 Å². The molecule has 0 heterocycles. The van der Waals surface area contributed by atoms with Crippen LogP contribution in [0.15, 0.2) is 0 Å². The van der Waals surface area contributed by atoms with Crippen molar-refractivity contribution in [2.75, 3.05) is 33.8 Å². The third kappa shape index (κ3) is 4.57. The first-order chi connectivity index (χ1) is 7.79. The Bertz CT molecular complexity index is 240. The van der Waals surface area contributed by atoms with E-state index in [1.807, 2.05) is 0 Å². The second-order valence-corrected chi connectivity index (χ2v) is 7.02. The maximum Gasteiger partial charge on any atom is 0.0613 e. The Balaban J connectivity index is 2.60. The molecule has 17 heavy (non-hydrogen) atoms. The number of likely N-dealkylation sites (N-methyl/N-ethyl adjacent to an activating group) is 1. The van der Waals surface area contributed by atoms with Crippen molar-refractivity contribution >= 4 is 0 Å². The summed E-state index contributed by atoms with van der Waals surface area (Å²) in [6.07, 6.45) is 3.44. The lowest BCUT2D eigenvalue weighted by Gasteiger charge is -2.47. The fourth-order valence-electron chi connectivity index (χ4n) is 3.60. The Labute approximate surface area is 107 Å². The third-order valence-electron chi connectivity index (χ3n) is 3.82. The molecule has 1 saturated carbocycles. The molecule has 0 aliphatic heterocycles. The van der Waals surface area contributed by atoms with Gasteiger partial charge >= 0.3 is 0 Å². The van der Waals surface area contributed by atoms with Crippen LogP contribution in [0.4, 0.5) is 0 Å². The number of rotatable bonds is 5.